The molecule has 1 N–H and O–H groups in total. The third-order valence-electron chi connectivity index (χ3n) is 6.47. The summed E-state index contributed by atoms with van der Waals surface area (Å²) in [7, 11) is 3.54. The maximum Gasteiger partial charge on any atom is 0.330 e. The number of aromatic nitrogens is 7. The lowest BCUT2D eigenvalue weighted by molar-refractivity contribution is -0.0791. The number of aryl methyl sites for hydroxylation is 3. The first-order valence-electron chi connectivity index (χ1n) is 10.5. The molecule has 5 rings (SSSR count). The van der Waals surface area contributed by atoms with Gasteiger partial charge in [0.05, 0.1) is 23.7 Å². The molecule has 10 heteroatoms. The van der Waals surface area contributed by atoms with Gasteiger partial charge in [0.1, 0.15) is 11.8 Å². The Bertz CT molecular complexity index is 1310. The SMILES string of the molecule is COC1(CCCn2c(=O)n(C)c3cnc(Nc4cn5ncnc5cc4C)nc32)CCC1. The standard InChI is InChI=1S/C21H26N8O2/c1-14-10-17-23-13-24-29(17)12-15(14)25-19-22-11-16-18(26-19)28(20(30)27(16)2)9-5-8-21(31-3)6-4-7-21/h10-13H,4-9H2,1-3H3,(H,22,25,26). The van der Waals surface area contributed by atoms with Gasteiger partial charge in [-0.1, -0.05) is 0 Å². The van der Waals surface area contributed by atoms with E-state index in [0.717, 1.165) is 42.6 Å². The fourth-order valence-electron chi connectivity index (χ4n) is 4.33. The fourth-order valence-corrected chi connectivity index (χ4v) is 4.33. The van der Waals surface area contributed by atoms with Crippen LogP contribution in [0.3, 0.4) is 0 Å². The van der Waals surface area contributed by atoms with Crippen molar-refractivity contribution in [3.63, 3.8) is 0 Å². The van der Waals surface area contributed by atoms with Crippen molar-refractivity contribution in [1.82, 2.24) is 33.7 Å². The Hall–Kier alpha value is -3.27. The van der Waals surface area contributed by atoms with Crippen LogP contribution in [0.1, 0.15) is 37.7 Å². The predicted molar refractivity (Wildman–Crippen MR) is 117 cm³/mol. The van der Waals surface area contributed by atoms with Crippen LogP contribution in [0.2, 0.25) is 0 Å². The highest BCUT2D eigenvalue weighted by Crippen LogP contribution is 2.39. The minimum atomic E-state index is -0.0817. The summed E-state index contributed by atoms with van der Waals surface area (Å²) in [6.07, 6.45) is 10.3. The van der Waals surface area contributed by atoms with E-state index in [0.29, 0.717) is 23.7 Å². The van der Waals surface area contributed by atoms with E-state index in [9.17, 15) is 4.79 Å². The molecule has 0 aliphatic heterocycles. The Kier molecular flexibility index (Phi) is 4.73. The lowest BCUT2D eigenvalue weighted by atomic mass is 9.77. The maximum absolute atomic E-state index is 12.8. The first-order valence-corrected chi connectivity index (χ1v) is 10.5. The molecule has 4 aromatic heterocycles. The maximum atomic E-state index is 12.8. The van der Waals surface area contributed by atoms with E-state index in [1.807, 2.05) is 19.2 Å². The van der Waals surface area contributed by atoms with Gasteiger partial charge in [-0.3, -0.25) is 9.13 Å². The molecule has 10 nitrogen and oxygen atoms in total. The van der Waals surface area contributed by atoms with Gasteiger partial charge in [0.15, 0.2) is 11.3 Å². The molecule has 31 heavy (non-hydrogen) atoms. The Balaban J connectivity index is 1.43. The second-order valence-corrected chi connectivity index (χ2v) is 8.30. The lowest BCUT2D eigenvalue weighted by Crippen LogP contribution is -2.39. The van der Waals surface area contributed by atoms with Gasteiger partial charge >= 0.3 is 5.69 Å². The third-order valence-corrected chi connectivity index (χ3v) is 6.47. The Labute approximate surface area is 178 Å². The van der Waals surface area contributed by atoms with E-state index in [1.54, 1.807) is 34.0 Å². The summed E-state index contributed by atoms with van der Waals surface area (Å²) in [5.41, 5.74) is 3.86. The molecule has 1 saturated carbocycles. The molecule has 0 amide bonds. The van der Waals surface area contributed by atoms with Crippen molar-refractivity contribution in [3.05, 3.63) is 40.8 Å². The van der Waals surface area contributed by atoms with Crippen LogP contribution in [0, 0.1) is 6.92 Å². The number of ether oxygens (including phenoxy) is 1. The molecule has 0 bridgehead atoms. The summed E-state index contributed by atoms with van der Waals surface area (Å²) in [4.78, 5) is 26.1. The summed E-state index contributed by atoms with van der Waals surface area (Å²) < 4.78 is 10.7. The van der Waals surface area contributed by atoms with Crippen molar-refractivity contribution in [3.8, 4) is 0 Å². The minimum absolute atomic E-state index is 0.00653. The Morgan fingerprint density at radius 2 is 2.13 bits per heavy atom. The number of imidazole rings is 1. The molecule has 0 radical (unpaired) electrons. The van der Waals surface area contributed by atoms with Crippen LogP contribution in [0.15, 0.2) is 29.6 Å². The quantitative estimate of drug-likeness (QED) is 0.488. The topological polar surface area (TPSA) is 104 Å². The second-order valence-electron chi connectivity index (χ2n) is 8.30. The molecule has 4 aromatic rings. The highest BCUT2D eigenvalue weighted by atomic mass is 16.5. The number of nitrogens with one attached hydrogen (secondary N) is 1. The number of fused-ring (bicyclic) bond motifs is 2. The Morgan fingerprint density at radius 3 is 2.87 bits per heavy atom. The van der Waals surface area contributed by atoms with Gasteiger partial charge in [-0.2, -0.15) is 10.1 Å². The van der Waals surface area contributed by atoms with Crippen LogP contribution in [0.25, 0.3) is 16.8 Å². The fraction of sp³-hybridized carbons (Fsp3) is 0.476. The van der Waals surface area contributed by atoms with Gasteiger partial charge in [0.25, 0.3) is 0 Å². The molecule has 4 heterocycles. The summed E-state index contributed by atoms with van der Waals surface area (Å²) in [5.74, 6) is 0.432. The summed E-state index contributed by atoms with van der Waals surface area (Å²) in [5, 5.41) is 7.43. The van der Waals surface area contributed by atoms with Gasteiger partial charge in [-0.25, -0.2) is 19.3 Å². The monoisotopic (exact) mass is 422 g/mol. The van der Waals surface area contributed by atoms with Crippen LogP contribution >= 0.6 is 0 Å². The zero-order chi connectivity index (χ0) is 21.6. The summed E-state index contributed by atoms with van der Waals surface area (Å²) >= 11 is 0. The summed E-state index contributed by atoms with van der Waals surface area (Å²) in [6, 6.07) is 1.94. The van der Waals surface area contributed by atoms with Crippen molar-refractivity contribution < 1.29 is 4.74 Å². The molecule has 0 atom stereocenters. The van der Waals surface area contributed by atoms with Gasteiger partial charge in [-0.15, -0.1) is 0 Å². The zero-order valence-electron chi connectivity index (χ0n) is 18.0. The van der Waals surface area contributed by atoms with Crippen molar-refractivity contribution >= 4 is 28.4 Å². The zero-order valence-corrected chi connectivity index (χ0v) is 18.0. The molecular weight excluding hydrogens is 396 g/mol. The van der Waals surface area contributed by atoms with E-state index < -0.39 is 0 Å². The molecule has 0 saturated heterocycles. The number of anilines is 2. The van der Waals surface area contributed by atoms with Gasteiger partial charge < -0.3 is 10.1 Å². The average molecular weight is 422 g/mol. The molecule has 0 aromatic carbocycles. The number of hydrogen-bond donors (Lipinski definition) is 1. The molecule has 0 spiro atoms. The van der Waals surface area contributed by atoms with Crippen LogP contribution in [-0.4, -0.2) is 46.4 Å². The van der Waals surface area contributed by atoms with E-state index in [2.05, 4.69) is 25.4 Å². The molecule has 162 valence electrons. The molecule has 1 aliphatic rings. The lowest BCUT2D eigenvalue weighted by Gasteiger charge is -2.40. The van der Waals surface area contributed by atoms with Gasteiger partial charge in [-0.05, 0) is 50.7 Å². The van der Waals surface area contributed by atoms with Crippen molar-refractivity contribution in [2.75, 3.05) is 12.4 Å². The van der Waals surface area contributed by atoms with Crippen LogP contribution in [0.5, 0.6) is 0 Å². The predicted octanol–water partition coefficient (Wildman–Crippen LogP) is 2.57. The van der Waals surface area contributed by atoms with Crippen LogP contribution in [-0.2, 0) is 18.3 Å². The van der Waals surface area contributed by atoms with E-state index in [1.165, 1.54) is 12.7 Å². The molecule has 0 unspecified atom stereocenters. The van der Waals surface area contributed by atoms with Crippen molar-refractivity contribution in [1.29, 1.82) is 0 Å². The number of methoxy groups -OCH3 is 1. The summed E-state index contributed by atoms with van der Waals surface area (Å²) in [6.45, 7) is 2.59. The van der Waals surface area contributed by atoms with Gasteiger partial charge in [0, 0.05) is 20.7 Å². The van der Waals surface area contributed by atoms with E-state index >= 15 is 0 Å². The average Bonchev–Trinajstić information content (AvgIpc) is 3.27. The van der Waals surface area contributed by atoms with Crippen molar-refractivity contribution in [2.45, 2.75) is 51.2 Å². The highest BCUT2D eigenvalue weighted by molar-refractivity contribution is 5.73. The van der Waals surface area contributed by atoms with Crippen molar-refractivity contribution in [2.24, 2.45) is 7.05 Å². The number of rotatable bonds is 7. The second kappa shape index (κ2) is 7.45. The first-order chi connectivity index (χ1) is 15.0. The molecule has 1 aliphatic carbocycles. The van der Waals surface area contributed by atoms with Crippen LogP contribution in [0.4, 0.5) is 11.6 Å². The van der Waals surface area contributed by atoms with E-state index in [-0.39, 0.29) is 11.3 Å². The number of pyridine rings is 1. The first kappa shape index (κ1) is 19.7. The molecular formula is C21H26N8O2. The van der Waals surface area contributed by atoms with Crippen LogP contribution < -0.4 is 11.0 Å². The Morgan fingerprint density at radius 1 is 1.29 bits per heavy atom. The number of hydrogen-bond acceptors (Lipinski definition) is 7. The highest BCUT2D eigenvalue weighted by Gasteiger charge is 2.36. The largest absolute Gasteiger partial charge is 0.378 e. The number of nitrogens with zero attached hydrogens (tertiary/aromatic N) is 7. The molecule has 1 fully saturated rings. The van der Waals surface area contributed by atoms with Gasteiger partial charge in [0.2, 0.25) is 5.95 Å². The van der Waals surface area contributed by atoms with E-state index in [4.69, 9.17) is 4.74 Å². The smallest absolute Gasteiger partial charge is 0.330 e. The normalized spacial score (nSPS) is 15.5. The minimum Gasteiger partial charge on any atom is -0.378 e. The third kappa shape index (κ3) is 3.36.